The average Bonchev–Trinajstić information content (AvgIpc) is 2.84. The highest BCUT2D eigenvalue weighted by molar-refractivity contribution is 5.00. The minimum absolute atomic E-state index is 0.560. The molecule has 1 N–H and O–H groups in total. The molecule has 1 aromatic heterocycles. The van der Waals surface area contributed by atoms with E-state index in [-0.39, 0.29) is 0 Å². The van der Waals surface area contributed by atoms with Crippen LogP contribution < -0.4 is 5.32 Å². The Labute approximate surface area is 118 Å². The number of aromatic nitrogens is 2. The Bertz CT molecular complexity index is 340. The van der Waals surface area contributed by atoms with Crippen molar-refractivity contribution >= 4 is 0 Å². The molecule has 0 radical (unpaired) electrons. The van der Waals surface area contributed by atoms with Crippen LogP contribution in [-0.4, -0.2) is 22.9 Å². The van der Waals surface area contributed by atoms with Gasteiger partial charge in [-0.1, -0.05) is 27.7 Å². The lowest BCUT2D eigenvalue weighted by Gasteiger charge is -2.17. The molecule has 0 bridgehead atoms. The lowest BCUT2D eigenvalue weighted by molar-refractivity contribution is 0.410. The van der Waals surface area contributed by atoms with Crippen molar-refractivity contribution in [1.82, 2.24) is 15.1 Å². The van der Waals surface area contributed by atoms with Crippen LogP contribution in [0.1, 0.15) is 65.1 Å². The minimum Gasteiger partial charge on any atom is -0.317 e. The molecular formula is C16H31N3. The third-order valence-electron chi connectivity index (χ3n) is 3.89. The highest BCUT2D eigenvalue weighted by Gasteiger charge is 2.11. The van der Waals surface area contributed by atoms with Gasteiger partial charge in [0.1, 0.15) is 0 Å². The lowest BCUT2D eigenvalue weighted by atomic mass is 9.99. The van der Waals surface area contributed by atoms with Gasteiger partial charge in [-0.2, -0.15) is 5.10 Å². The molecule has 0 saturated heterocycles. The van der Waals surface area contributed by atoms with Crippen LogP contribution in [0, 0.1) is 5.92 Å². The van der Waals surface area contributed by atoms with Crippen molar-refractivity contribution in [2.45, 2.75) is 71.9 Å². The summed E-state index contributed by atoms with van der Waals surface area (Å²) in [4.78, 5) is 0. The van der Waals surface area contributed by atoms with E-state index in [2.05, 4.69) is 57.0 Å². The molecule has 1 aromatic rings. The minimum atomic E-state index is 0.560. The zero-order valence-corrected chi connectivity index (χ0v) is 13.3. The summed E-state index contributed by atoms with van der Waals surface area (Å²) < 4.78 is 2.14. The predicted octanol–water partition coefficient (Wildman–Crippen LogP) is 3.81. The number of nitrogens with zero attached hydrogens (tertiary/aromatic N) is 2. The van der Waals surface area contributed by atoms with Crippen LogP contribution in [0.25, 0.3) is 0 Å². The lowest BCUT2D eigenvalue weighted by Crippen LogP contribution is -2.27. The zero-order chi connectivity index (χ0) is 14.3. The predicted molar refractivity (Wildman–Crippen MR) is 82.5 cm³/mol. The second-order valence-corrected chi connectivity index (χ2v) is 5.91. The van der Waals surface area contributed by atoms with Gasteiger partial charge in [0.2, 0.25) is 0 Å². The van der Waals surface area contributed by atoms with E-state index >= 15 is 0 Å². The highest BCUT2D eigenvalue weighted by Crippen LogP contribution is 2.16. The molecule has 0 spiro atoms. The Kier molecular flexibility index (Phi) is 7.14. The number of aryl methyl sites for hydroxylation is 1. The first kappa shape index (κ1) is 16.2. The molecule has 0 aliphatic carbocycles. The van der Waals surface area contributed by atoms with Gasteiger partial charge in [0.15, 0.2) is 0 Å². The van der Waals surface area contributed by atoms with Crippen LogP contribution in [0.3, 0.4) is 0 Å². The van der Waals surface area contributed by atoms with Crippen LogP contribution in [0.4, 0.5) is 0 Å². The smallest absolute Gasteiger partial charge is 0.0625 e. The molecule has 1 rings (SSSR count). The maximum absolute atomic E-state index is 4.73. The molecule has 3 nitrogen and oxygen atoms in total. The zero-order valence-electron chi connectivity index (χ0n) is 13.3. The van der Waals surface area contributed by atoms with E-state index in [0.29, 0.717) is 12.1 Å². The Hall–Kier alpha value is -0.830. The Balaban J connectivity index is 2.49. The quantitative estimate of drug-likeness (QED) is 0.736. The van der Waals surface area contributed by atoms with Crippen molar-refractivity contribution in [3.05, 3.63) is 18.0 Å². The van der Waals surface area contributed by atoms with Crippen molar-refractivity contribution in [3.63, 3.8) is 0 Å². The summed E-state index contributed by atoms with van der Waals surface area (Å²) in [6.45, 7) is 9.03. The summed E-state index contributed by atoms with van der Waals surface area (Å²) in [5.41, 5.74) is 1.23. The van der Waals surface area contributed by atoms with Gasteiger partial charge in [-0.3, -0.25) is 4.68 Å². The van der Waals surface area contributed by atoms with Crippen LogP contribution in [0.2, 0.25) is 0 Å². The van der Waals surface area contributed by atoms with Gasteiger partial charge in [-0.05, 0) is 51.1 Å². The van der Waals surface area contributed by atoms with Crippen molar-refractivity contribution in [2.75, 3.05) is 7.05 Å². The third kappa shape index (κ3) is 5.35. The third-order valence-corrected chi connectivity index (χ3v) is 3.89. The largest absolute Gasteiger partial charge is 0.317 e. The number of rotatable bonds is 9. The van der Waals surface area contributed by atoms with Crippen LogP contribution >= 0.6 is 0 Å². The molecule has 1 heterocycles. The van der Waals surface area contributed by atoms with Gasteiger partial charge in [0, 0.05) is 12.2 Å². The number of nitrogens with one attached hydrogen (secondary N) is 1. The first-order chi connectivity index (χ1) is 9.10. The monoisotopic (exact) mass is 265 g/mol. The standard InChI is InChI=1S/C16H31N3/c1-6-16(7-2)19-11-10-14(18-19)8-9-15(17-5)12-13(3)4/h10-11,13,15-17H,6-9,12H2,1-5H3. The van der Waals surface area contributed by atoms with Crippen LogP contribution in [0.5, 0.6) is 0 Å². The molecule has 0 amide bonds. The van der Waals surface area contributed by atoms with Crippen molar-refractivity contribution in [2.24, 2.45) is 5.92 Å². The second kappa shape index (κ2) is 8.36. The summed E-state index contributed by atoms with van der Waals surface area (Å²) in [5.74, 6) is 0.750. The van der Waals surface area contributed by atoms with E-state index in [1.807, 2.05) is 0 Å². The summed E-state index contributed by atoms with van der Waals surface area (Å²) in [6.07, 6.45) is 7.95. The van der Waals surface area contributed by atoms with Gasteiger partial charge >= 0.3 is 0 Å². The van der Waals surface area contributed by atoms with Gasteiger partial charge in [-0.15, -0.1) is 0 Å². The average molecular weight is 265 g/mol. The molecule has 19 heavy (non-hydrogen) atoms. The van der Waals surface area contributed by atoms with E-state index in [1.165, 1.54) is 18.5 Å². The second-order valence-electron chi connectivity index (χ2n) is 5.91. The molecule has 0 aromatic carbocycles. The van der Waals surface area contributed by atoms with E-state index in [4.69, 9.17) is 5.10 Å². The van der Waals surface area contributed by atoms with Crippen LogP contribution in [-0.2, 0) is 6.42 Å². The Morgan fingerprint density at radius 3 is 2.47 bits per heavy atom. The van der Waals surface area contributed by atoms with Crippen molar-refractivity contribution in [3.8, 4) is 0 Å². The molecule has 0 fully saturated rings. The molecule has 1 atom stereocenters. The SMILES string of the molecule is CCC(CC)n1ccc(CCC(CC(C)C)NC)n1. The maximum atomic E-state index is 4.73. The normalized spacial score (nSPS) is 13.4. The molecule has 3 heteroatoms. The highest BCUT2D eigenvalue weighted by atomic mass is 15.3. The molecule has 1 unspecified atom stereocenters. The topological polar surface area (TPSA) is 29.9 Å². The fourth-order valence-corrected chi connectivity index (χ4v) is 2.65. The van der Waals surface area contributed by atoms with Crippen molar-refractivity contribution < 1.29 is 0 Å². The molecule has 110 valence electrons. The van der Waals surface area contributed by atoms with Crippen molar-refractivity contribution in [1.29, 1.82) is 0 Å². The number of hydrogen-bond donors (Lipinski definition) is 1. The molecular weight excluding hydrogens is 234 g/mol. The fraction of sp³-hybridized carbons (Fsp3) is 0.812. The molecule has 0 saturated carbocycles. The van der Waals surface area contributed by atoms with E-state index in [1.54, 1.807) is 0 Å². The first-order valence-electron chi connectivity index (χ1n) is 7.81. The van der Waals surface area contributed by atoms with Crippen LogP contribution in [0.15, 0.2) is 12.3 Å². The summed E-state index contributed by atoms with van der Waals surface area (Å²) in [5, 5.41) is 8.15. The summed E-state index contributed by atoms with van der Waals surface area (Å²) >= 11 is 0. The van der Waals surface area contributed by atoms with Gasteiger partial charge < -0.3 is 5.32 Å². The van der Waals surface area contributed by atoms with Gasteiger partial charge in [-0.25, -0.2) is 0 Å². The maximum Gasteiger partial charge on any atom is 0.0625 e. The van der Waals surface area contributed by atoms with E-state index in [0.717, 1.165) is 25.2 Å². The van der Waals surface area contributed by atoms with E-state index < -0.39 is 0 Å². The van der Waals surface area contributed by atoms with Gasteiger partial charge in [0.05, 0.1) is 11.7 Å². The first-order valence-corrected chi connectivity index (χ1v) is 7.81. The summed E-state index contributed by atoms with van der Waals surface area (Å²) in [7, 11) is 2.07. The number of hydrogen-bond acceptors (Lipinski definition) is 2. The summed E-state index contributed by atoms with van der Waals surface area (Å²) in [6, 6.07) is 3.35. The molecule has 0 aliphatic rings. The Morgan fingerprint density at radius 2 is 1.95 bits per heavy atom. The fourth-order valence-electron chi connectivity index (χ4n) is 2.65. The Morgan fingerprint density at radius 1 is 1.26 bits per heavy atom. The van der Waals surface area contributed by atoms with Gasteiger partial charge in [0.25, 0.3) is 0 Å². The molecule has 0 aliphatic heterocycles. The van der Waals surface area contributed by atoms with E-state index in [9.17, 15) is 0 Å².